The molecule has 2 unspecified atom stereocenters. The minimum atomic E-state index is -3.63. The lowest BCUT2D eigenvalue weighted by atomic mass is 9.94. The van der Waals surface area contributed by atoms with Crippen LogP contribution in [0.4, 0.5) is 0 Å². The monoisotopic (exact) mass is 416 g/mol. The Morgan fingerprint density at radius 3 is 2.48 bits per heavy atom. The number of hydrogen-bond donors (Lipinski definition) is 1. The number of sulfonamides is 1. The first-order valence-corrected chi connectivity index (χ1v) is 11.3. The predicted octanol–water partition coefficient (Wildman–Crippen LogP) is 3.29. The van der Waals surface area contributed by atoms with Crippen molar-refractivity contribution in [1.82, 2.24) is 9.62 Å². The summed E-state index contributed by atoms with van der Waals surface area (Å²) in [6, 6.07) is 13.7. The van der Waals surface area contributed by atoms with Gasteiger partial charge in [0.05, 0.1) is 12.0 Å². The predicted molar refractivity (Wildman–Crippen MR) is 112 cm³/mol. The lowest BCUT2D eigenvalue weighted by molar-refractivity contribution is 0.0950. The molecule has 1 aliphatic heterocycles. The number of amides is 1. The van der Waals surface area contributed by atoms with Gasteiger partial charge in [0, 0.05) is 30.8 Å². The molecule has 7 heteroatoms. The summed E-state index contributed by atoms with van der Waals surface area (Å²) in [6.07, 6.45) is 1.03. The molecule has 0 radical (unpaired) electrons. The van der Waals surface area contributed by atoms with Crippen molar-refractivity contribution >= 4 is 15.9 Å². The first kappa shape index (κ1) is 21.3. The highest BCUT2D eigenvalue weighted by Crippen LogP contribution is 2.27. The minimum absolute atomic E-state index is 0.156. The topological polar surface area (TPSA) is 75.7 Å². The summed E-state index contributed by atoms with van der Waals surface area (Å²) in [7, 11) is -2.05. The highest BCUT2D eigenvalue weighted by atomic mass is 32.2. The smallest absolute Gasteiger partial charge is 0.251 e. The summed E-state index contributed by atoms with van der Waals surface area (Å²) in [4.78, 5) is 12.8. The Bertz CT molecular complexity index is 964. The Balaban J connectivity index is 1.75. The number of nitrogens with zero attached hydrogens (tertiary/aromatic N) is 1. The van der Waals surface area contributed by atoms with Crippen molar-refractivity contribution in [3.63, 3.8) is 0 Å². The van der Waals surface area contributed by atoms with E-state index < -0.39 is 10.0 Å². The van der Waals surface area contributed by atoms with Gasteiger partial charge in [-0.05, 0) is 42.5 Å². The summed E-state index contributed by atoms with van der Waals surface area (Å²) in [5.74, 6) is 1.01. The molecule has 2 aromatic carbocycles. The Labute approximate surface area is 172 Å². The van der Waals surface area contributed by atoms with E-state index in [0.29, 0.717) is 42.8 Å². The molecule has 0 spiro atoms. The maximum Gasteiger partial charge on any atom is 0.251 e. The van der Waals surface area contributed by atoms with E-state index in [9.17, 15) is 13.2 Å². The molecular formula is C22H28N2O4S. The average Bonchev–Trinajstić information content (AvgIpc) is 2.71. The van der Waals surface area contributed by atoms with Crippen LogP contribution in [0, 0.1) is 11.8 Å². The van der Waals surface area contributed by atoms with Gasteiger partial charge in [0.1, 0.15) is 5.75 Å². The van der Waals surface area contributed by atoms with Gasteiger partial charge in [-0.1, -0.05) is 38.1 Å². The van der Waals surface area contributed by atoms with E-state index in [4.69, 9.17) is 4.74 Å². The molecule has 0 bridgehead atoms. The fraction of sp³-hybridized carbons (Fsp3) is 0.409. The van der Waals surface area contributed by atoms with Crippen LogP contribution in [0.2, 0.25) is 0 Å². The van der Waals surface area contributed by atoms with Gasteiger partial charge in [0.2, 0.25) is 10.0 Å². The van der Waals surface area contributed by atoms with Crippen LogP contribution in [0.1, 0.15) is 36.2 Å². The van der Waals surface area contributed by atoms with Crippen molar-refractivity contribution in [2.24, 2.45) is 11.8 Å². The van der Waals surface area contributed by atoms with Crippen molar-refractivity contribution in [3.05, 3.63) is 59.7 Å². The molecule has 156 valence electrons. The van der Waals surface area contributed by atoms with Crippen molar-refractivity contribution in [2.75, 3.05) is 20.2 Å². The third-order valence-electron chi connectivity index (χ3n) is 5.20. The number of para-hydroxylation sites is 1. The summed E-state index contributed by atoms with van der Waals surface area (Å²) < 4.78 is 33.0. The average molecular weight is 417 g/mol. The molecule has 1 saturated heterocycles. The van der Waals surface area contributed by atoms with Crippen molar-refractivity contribution in [2.45, 2.75) is 31.7 Å². The zero-order valence-corrected chi connectivity index (χ0v) is 17.9. The molecule has 0 aromatic heterocycles. The fourth-order valence-corrected chi connectivity index (χ4v) is 5.60. The van der Waals surface area contributed by atoms with Gasteiger partial charge >= 0.3 is 0 Å². The summed E-state index contributed by atoms with van der Waals surface area (Å²) in [6.45, 7) is 5.45. The van der Waals surface area contributed by atoms with Gasteiger partial charge in [0.25, 0.3) is 5.91 Å². The molecule has 6 nitrogen and oxygen atoms in total. The third kappa shape index (κ3) is 4.97. The van der Waals surface area contributed by atoms with Crippen LogP contribution in [-0.2, 0) is 16.6 Å². The van der Waals surface area contributed by atoms with Crippen LogP contribution < -0.4 is 10.1 Å². The molecular weight excluding hydrogens is 388 g/mol. The number of carbonyl (C=O) groups excluding carboxylic acids is 1. The molecule has 0 aliphatic carbocycles. The second-order valence-electron chi connectivity index (χ2n) is 7.79. The van der Waals surface area contributed by atoms with E-state index in [1.807, 2.05) is 24.3 Å². The summed E-state index contributed by atoms with van der Waals surface area (Å²) >= 11 is 0. The van der Waals surface area contributed by atoms with E-state index in [1.165, 1.54) is 10.4 Å². The number of methoxy groups -OCH3 is 1. The largest absolute Gasteiger partial charge is 0.496 e. The Morgan fingerprint density at radius 2 is 1.79 bits per heavy atom. The van der Waals surface area contributed by atoms with Crippen LogP contribution >= 0.6 is 0 Å². The standard InChI is InChI=1S/C22H28N2O4S/c1-16-11-17(2)15-24(14-16)29(26,27)20-9-6-8-18(12-20)22(25)23-13-19-7-4-5-10-21(19)28-3/h4-10,12,16-17H,11,13-15H2,1-3H3,(H,23,25). The number of piperidine rings is 1. The lowest BCUT2D eigenvalue weighted by Gasteiger charge is -2.34. The zero-order chi connectivity index (χ0) is 21.0. The van der Waals surface area contributed by atoms with Gasteiger partial charge in [0.15, 0.2) is 0 Å². The van der Waals surface area contributed by atoms with Crippen molar-refractivity contribution in [1.29, 1.82) is 0 Å². The number of carbonyl (C=O) groups is 1. The molecule has 1 N–H and O–H groups in total. The molecule has 1 amide bonds. The number of benzene rings is 2. The number of hydrogen-bond acceptors (Lipinski definition) is 4. The van der Waals surface area contributed by atoms with Gasteiger partial charge in [-0.25, -0.2) is 8.42 Å². The summed E-state index contributed by atoms with van der Waals surface area (Å²) in [5, 5.41) is 2.83. The number of rotatable bonds is 6. The second-order valence-corrected chi connectivity index (χ2v) is 9.73. The molecule has 1 aliphatic rings. The van der Waals surface area contributed by atoms with Crippen molar-refractivity contribution in [3.8, 4) is 5.75 Å². The first-order chi connectivity index (χ1) is 13.8. The maximum absolute atomic E-state index is 13.1. The quantitative estimate of drug-likeness (QED) is 0.784. The van der Waals surface area contributed by atoms with E-state index in [1.54, 1.807) is 25.3 Å². The molecule has 2 atom stereocenters. The summed E-state index contributed by atoms with van der Waals surface area (Å²) in [5.41, 5.74) is 1.17. The van der Waals surface area contributed by atoms with Crippen LogP contribution in [0.15, 0.2) is 53.4 Å². The Kier molecular flexibility index (Phi) is 6.59. The van der Waals surface area contributed by atoms with Crippen LogP contribution in [0.3, 0.4) is 0 Å². The third-order valence-corrected chi connectivity index (χ3v) is 7.03. The van der Waals surface area contributed by atoms with E-state index >= 15 is 0 Å². The highest BCUT2D eigenvalue weighted by molar-refractivity contribution is 7.89. The fourth-order valence-electron chi connectivity index (χ4n) is 3.88. The lowest BCUT2D eigenvalue weighted by Crippen LogP contribution is -2.42. The first-order valence-electron chi connectivity index (χ1n) is 9.81. The van der Waals surface area contributed by atoms with E-state index in [0.717, 1.165) is 12.0 Å². The number of ether oxygens (including phenoxy) is 1. The molecule has 1 heterocycles. The van der Waals surface area contributed by atoms with Gasteiger partial charge in [-0.2, -0.15) is 4.31 Å². The molecule has 29 heavy (non-hydrogen) atoms. The maximum atomic E-state index is 13.1. The molecule has 3 rings (SSSR count). The van der Waals surface area contributed by atoms with Crippen molar-refractivity contribution < 1.29 is 17.9 Å². The van der Waals surface area contributed by atoms with Gasteiger partial charge in [-0.15, -0.1) is 0 Å². The van der Waals surface area contributed by atoms with Gasteiger partial charge in [-0.3, -0.25) is 4.79 Å². The normalized spacial score (nSPS) is 20.2. The second kappa shape index (κ2) is 8.97. The Morgan fingerprint density at radius 1 is 1.10 bits per heavy atom. The van der Waals surface area contributed by atoms with E-state index in [2.05, 4.69) is 19.2 Å². The molecule has 2 aromatic rings. The molecule has 0 saturated carbocycles. The van der Waals surface area contributed by atoms with Crippen LogP contribution in [0.5, 0.6) is 5.75 Å². The van der Waals surface area contributed by atoms with E-state index in [-0.39, 0.29) is 10.8 Å². The molecule has 1 fully saturated rings. The van der Waals surface area contributed by atoms with Crippen LogP contribution in [0.25, 0.3) is 0 Å². The van der Waals surface area contributed by atoms with Gasteiger partial charge < -0.3 is 10.1 Å². The minimum Gasteiger partial charge on any atom is -0.496 e. The zero-order valence-electron chi connectivity index (χ0n) is 17.1. The number of nitrogens with one attached hydrogen (secondary N) is 1. The Hall–Kier alpha value is -2.38. The van der Waals surface area contributed by atoms with Crippen LogP contribution in [-0.4, -0.2) is 38.8 Å². The highest BCUT2D eigenvalue weighted by Gasteiger charge is 2.31. The SMILES string of the molecule is COc1ccccc1CNC(=O)c1cccc(S(=O)(=O)N2CC(C)CC(C)C2)c1.